The summed E-state index contributed by atoms with van der Waals surface area (Å²) in [6.45, 7) is 4.19. The molecule has 53 heavy (non-hydrogen) atoms. The second-order valence-electron chi connectivity index (χ2n) is 16.6. The van der Waals surface area contributed by atoms with E-state index < -0.39 is 6.10 Å². The van der Waals surface area contributed by atoms with Crippen LogP contribution < -0.4 is 0 Å². The minimum Gasteiger partial charge on any atom is -0.462 e. The van der Waals surface area contributed by atoms with Gasteiger partial charge < -0.3 is 14.6 Å². The van der Waals surface area contributed by atoms with Crippen molar-refractivity contribution in [3.05, 3.63) is 0 Å². The van der Waals surface area contributed by atoms with Crippen LogP contribution in [0.4, 0.5) is 0 Å². The third-order valence-electron chi connectivity index (χ3n) is 11.2. The predicted octanol–water partition coefficient (Wildman–Crippen LogP) is 15.5. The van der Waals surface area contributed by atoms with Gasteiger partial charge in [0.2, 0.25) is 0 Å². The van der Waals surface area contributed by atoms with Gasteiger partial charge in [0.25, 0.3) is 0 Å². The van der Waals surface area contributed by atoms with Gasteiger partial charge in [0, 0.05) is 12.8 Å². The molecule has 0 spiro atoms. The fourth-order valence-corrected chi connectivity index (χ4v) is 7.50. The number of hydrogen-bond acceptors (Lipinski definition) is 5. The molecule has 1 atom stereocenters. The highest BCUT2D eigenvalue weighted by Crippen LogP contribution is 2.17. The van der Waals surface area contributed by atoms with Crippen molar-refractivity contribution in [3.8, 4) is 0 Å². The van der Waals surface area contributed by atoms with Gasteiger partial charge in [-0.1, -0.05) is 251 Å². The lowest BCUT2D eigenvalue weighted by molar-refractivity contribution is -0.161. The Kier molecular flexibility index (Phi) is 44.4. The Morgan fingerprint density at radius 1 is 0.358 bits per heavy atom. The van der Waals surface area contributed by atoms with Crippen molar-refractivity contribution in [3.63, 3.8) is 0 Å². The first kappa shape index (κ1) is 51.9. The van der Waals surface area contributed by atoms with Crippen molar-refractivity contribution in [2.45, 2.75) is 283 Å². The van der Waals surface area contributed by atoms with Crippen molar-refractivity contribution >= 4 is 11.9 Å². The number of hydrogen-bond donors (Lipinski definition) is 1. The zero-order valence-electron chi connectivity index (χ0n) is 36.1. The fraction of sp³-hybridized carbons (Fsp3) is 0.958. The van der Waals surface area contributed by atoms with Crippen LogP contribution in [0.25, 0.3) is 0 Å². The third kappa shape index (κ3) is 43.5. The van der Waals surface area contributed by atoms with Gasteiger partial charge in [0.1, 0.15) is 6.61 Å². The second kappa shape index (κ2) is 45.3. The molecule has 0 fully saturated rings. The first-order valence-corrected chi connectivity index (χ1v) is 24.1. The van der Waals surface area contributed by atoms with E-state index in [1.165, 1.54) is 218 Å². The molecule has 0 amide bonds. The number of unbranched alkanes of at least 4 members (excludes halogenated alkanes) is 37. The molecule has 5 nitrogen and oxygen atoms in total. The lowest BCUT2D eigenvalue weighted by Gasteiger charge is -2.15. The van der Waals surface area contributed by atoms with Crippen LogP contribution >= 0.6 is 0 Å². The van der Waals surface area contributed by atoms with E-state index in [0.29, 0.717) is 12.8 Å². The predicted molar refractivity (Wildman–Crippen MR) is 229 cm³/mol. The van der Waals surface area contributed by atoms with Crippen LogP contribution in [0.3, 0.4) is 0 Å². The van der Waals surface area contributed by atoms with E-state index in [0.717, 1.165) is 32.1 Å². The minimum atomic E-state index is -0.762. The first-order valence-electron chi connectivity index (χ1n) is 24.1. The molecule has 0 radical (unpaired) electrons. The quantitative estimate of drug-likeness (QED) is 0.0495. The average Bonchev–Trinajstić information content (AvgIpc) is 3.16. The van der Waals surface area contributed by atoms with E-state index in [1.807, 2.05) is 0 Å². The Morgan fingerprint density at radius 2 is 0.585 bits per heavy atom. The summed E-state index contributed by atoms with van der Waals surface area (Å²) in [5.41, 5.74) is 0. The standard InChI is InChI=1S/C48H94O5/c1-3-5-7-9-11-13-15-17-19-21-23-24-25-27-29-31-33-35-37-39-41-43-48(51)53-46(44-49)45-52-47(50)42-40-38-36-34-32-30-28-26-22-20-18-16-14-12-10-8-6-4-2/h46,49H,3-45H2,1-2H3. The monoisotopic (exact) mass is 751 g/mol. The third-order valence-corrected chi connectivity index (χ3v) is 11.2. The summed E-state index contributed by atoms with van der Waals surface area (Å²) < 4.78 is 10.7. The zero-order valence-corrected chi connectivity index (χ0v) is 36.1. The van der Waals surface area contributed by atoms with E-state index in [2.05, 4.69) is 13.8 Å². The van der Waals surface area contributed by atoms with E-state index in [9.17, 15) is 14.7 Å². The van der Waals surface area contributed by atoms with Gasteiger partial charge in [0.05, 0.1) is 6.61 Å². The van der Waals surface area contributed by atoms with Crippen LogP contribution in [0, 0.1) is 0 Å². The summed E-state index contributed by atoms with van der Waals surface area (Å²) >= 11 is 0. The summed E-state index contributed by atoms with van der Waals surface area (Å²) in [6, 6.07) is 0. The highest BCUT2D eigenvalue weighted by atomic mass is 16.6. The molecular formula is C48H94O5. The lowest BCUT2D eigenvalue weighted by atomic mass is 10.0. The van der Waals surface area contributed by atoms with E-state index in [-0.39, 0.29) is 25.2 Å². The maximum Gasteiger partial charge on any atom is 0.306 e. The van der Waals surface area contributed by atoms with Crippen LogP contribution in [0.2, 0.25) is 0 Å². The van der Waals surface area contributed by atoms with Crippen LogP contribution in [-0.4, -0.2) is 36.4 Å². The maximum absolute atomic E-state index is 12.2. The van der Waals surface area contributed by atoms with E-state index in [4.69, 9.17) is 9.47 Å². The van der Waals surface area contributed by atoms with Crippen molar-refractivity contribution in [1.29, 1.82) is 0 Å². The van der Waals surface area contributed by atoms with Crippen molar-refractivity contribution < 1.29 is 24.2 Å². The van der Waals surface area contributed by atoms with Gasteiger partial charge in [-0.3, -0.25) is 9.59 Å². The normalized spacial score (nSPS) is 12.0. The largest absolute Gasteiger partial charge is 0.462 e. The summed E-state index contributed by atoms with van der Waals surface area (Å²) in [5.74, 6) is -0.568. The molecule has 0 aliphatic rings. The van der Waals surface area contributed by atoms with Crippen molar-refractivity contribution in [2.24, 2.45) is 0 Å². The number of carbonyl (C=O) groups is 2. The Morgan fingerprint density at radius 3 is 0.830 bits per heavy atom. The van der Waals surface area contributed by atoms with Crippen molar-refractivity contribution in [1.82, 2.24) is 0 Å². The SMILES string of the molecule is CCCCCCCCCCCCCCCCCCCCCCCC(=O)OC(CO)COC(=O)CCCCCCCCCCCCCCCCCCCC. The van der Waals surface area contributed by atoms with Gasteiger partial charge in [-0.25, -0.2) is 0 Å². The minimum absolute atomic E-state index is 0.0561. The molecule has 0 aromatic rings. The van der Waals surface area contributed by atoms with Crippen LogP contribution in [0.1, 0.15) is 277 Å². The zero-order chi connectivity index (χ0) is 38.6. The summed E-state index contributed by atoms with van der Waals surface area (Å²) in [4.78, 5) is 24.4. The number of aliphatic hydroxyl groups excluding tert-OH is 1. The van der Waals surface area contributed by atoms with E-state index in [1.54, 1.807) is 0 Å². The fourth-order valence-electron chi connectivity index (χ4n) is 7.50. The summed E-state index contributed by atoms with van der Waals surface area (Å²) in [6.07, 6.45) is 51.9. The lowest BCUT2D eigenvalue weighted by Crippen LogP contribution is -2.28. The molecule has 0 saturated heterocycles. The molecule has 0 aromatic heterocycles. The van der Waals surface area contributed by atoms with Gasteiger partial charge in [-0.05, 0) is 12.8 Å². The highest BCUT2D eigenvalue weighted by molar-refractivity contribution is 5.70. The molecule has 5 heteroatoms. The van der Waals surface area contributed by atoms with Gasteiger partial charge >= 0.3 is 11.9 Å². The Hall–Kier alpha value is -1.10. The molecule has 1 unspecified atom stereocenters. The maximum atomic E-state index is 12.2. The number of aliphatic hydroxyl groups is 1. The van der Waals surface area contributed by atoms with Crippen LogP contribution in [-0.2, 0) is 19.1 Å². The average molecular weight is 751 g/mol. The Balaban J connectivity index is 3.43. The topological polar surface area (TPSA) is 72.8 Å². The number of rotatable bonds is 45. The van der Waals surface area contributed by atoms with Gasteiger partial charge in [-0.15, -0.1) is 0 Å². The summed E-state index contributed by atoms with van der Waals surface area (Å²) in [7, 11) is 0. The van der Waals surface area contributed by atoms with Crippen molar-refractivity contribution in [2.75, 3.05) is 13.2 Å². The van der Waals surface area contributed by atoms with E-state index >= 15 is 0 Å². The number of esters is 2. The smallest absolute Gasteiger partial charge is 0.306 e. The Bertz CT molecular complexity index is 725. The molecule has 0 rings (SSSR count). The molecule has 0 heterocycles. The molecule has 316 valence electrons. The van der Waals surface area contributed by atoms with Crippen LogP contribution in [0.15, 0.2) is 0 Å². The second-order valence-corrected chi connectivity index (χ2v) is 16.6. The molecule has 0 aliphatic carbocycles. The molecule has 0 aliphatic heterocycles. The number of carbonyl (C=O) groups excluding carboxylic acids is 2. The van der Waals surface area contributed by atoms with Crippen LogP contribution in [0.5, 0.6) is 0 Å². The molecular weight excluding hydrogens is 657 g/mol. The molecule has 0 saturated carbocycles. The Labute approximate surface area is 331 Å². The highest BCUT2D eigenvalue weighted by Gasteiger charge is 2.16. The number of ether oxygens (including phenoxy) is 2. The molecule has 1 N–H and O–H groups in total. The summed E-state index contributed by atoms with van der Waals surface area (Å²) in [5, 5.41) is 9.60. The van der Waals surface area contributed by atoms with Gasteiger partial charge in [0.15, 0.2) is 6.10 Å². The van der Waals surface area contributed by atoms with Gasteiger partial charge in [-0.2, -0.15) is 0 Å². The first-order chi connectivity index (χ1) is 26.1. The molecule has 0 aromatic carbocycles. The molecule has 0 bridgehead atoms.